The minimum Gasteiger partial charge on any atom is -0.422 e. The number of ether oxygens (including phenoxy) is 1. The number of carbonyl (C=O) groups is 3. The Morgan fingerprint density at radius 2 is 1.57 bits per heavy atom. The lowest BCUT2D eigenvalue weighted by Crippen LogP contribution is -2.25. The molecule has 1 aliphatic rings. The van der Waals surface area contributed by atoms with Gasteiger partial charge in [-0.2, -0.15) is 0 Å². The SMILES string of the molecule is O=C1Oc2ccccc2C(=O)/C1=C/C(=O)c1ccccc1. The monoisotopic (exact) mass is 278 g/mol. The summed E-state index contributed by atoms with van der Waals surface area (Å²) in [7, 11) is 0. The Morgan fingerprint density at radius 3 is 2.33 bits per heavy atom. The van der Waals surface area contributed by atoms with Crippen LogP contribution in [0.25, 0.3) is 0 Å². The molecule has 0 aromatic heterocycles. The number of fused-ring (bicyclic) bond motifs is 1. The number of para-hydroxylation sites is 1. The molecule has 0 aliphatic carbocycles. The van der Waals surface area contributed by atoms with Crippen molar-refractivity contribution in [3.05, 3.63) is 77.4 Å². The molecule has 0 N–H and O–H groups in total. The van der Waals surface area contributed by atoms with Gasteiger partial charge in [-0.3, -0.25) is 9.59 Å². The molecule has 0 radical (unpaired) electrons. The van der Waals surface area contributed by atoms with Crippen LogP contribution < -0.4 is 4.74 Å². The second kappa shape index (κ2) is 5.17. The van der Waals surface area contributed by atoms with Crippen LogP contribution in [-0.4, -0.2) is 17.5 Å². The number of hydrogen-bond acceptors (Lipinski definition) is 4. The summed E-state index contributed by atoms with van der Waals surface area (Å²) in [5, 5.41) is 0. The summed E-state index contributed by atoms with van der Waals surface area (Å²) in [6.07, 6.45) is 1.04. The van der Waals surface area contributed by atoms with Gasteiger partial charge in [-0.1, -0.05) is 42.5 Å². The molecule has 3 rings (SSSR count). The molecular formula is C17H10O4. The first kappa shape index (κ1) is 13.0. The first-order valence-electron chi connectivity index (χ1n) is 6.34. The summed E-state index contributed by atoms with van der Waals surface area (Å²) < 4.78 is 5.07. The second-order valence-corrected chi connectivity index (χ2v) is 4.50. The average molecular weight is 278 g/mol. The van der Waals surface area contributed by atoms with E-state index in [1.165, 1.54) is 0 Å². The molecule has 0 spiro atoms. The van der Waals surface area contributed by atoms with Crippen molar-refractivity contribution in [3.63, 3.8) is 0 Å². The van der Waals surface area contributed by atoms with Crippen LogP contribution in [0.2, 0.25) is 0 Å². The van der Waals surface area contributed by atoms with Gasteiger partial charge in [-0.15, -0.1) is 0 Å². The summed E-state index contributed by atoms with van der Waals surface area (Å²) >= 11 is 0. The highest BCUT2D eigenvalue weighted by Crippen LogP contribution is 2.27. The van der Waals surface area contributed by atoms with Gasteiger partial charge >= 0.3 is 5.97 Å². The van der Waals surface area contributed by atoms with Crippen molar-refractivity contribution in [2.45, 2.75) is 0 Å². The van der Waals surface area contributed by atoms with Crippen molar-refractivity contribution in [1.29, 1.82) is 0 Å². The molecule has 4 nitrogen and oxygen atoms in total. The van der Waals surface area contributed by atoms with E-state index in [9.17, 15) is 14.4 Å². The predicted molar refractivity (Wildman–Crippen MR) is 75.3 cm³/mol. The van der Waals surface area contributed by atoms with Crippen molar-refractivity contribution in [2.75, 3.05) is 0 Å². The maximum Gasteiger partial charge on any atom is 0.347 e. The van der Waals surface area contributed by atoms with Crippen molar-refractivity contribution < 1.29 is 19.1 Å². The topological polar surface area (TPSA) is 60.4 Å². The van der Waals surface area contributed by atoms with Crippen LogP contribution in [0.1, 0.15) is 20.7 Å². The molecule has 0 atom stereocenters. The molecule has 21 heavy (non-hydrogen) atoms. The van der Waals surface area contributed by atoms with E-state index in [-0.39, 0.29) is 16.9 Å². The van der Waals surface area contributed by atoms with E-state index in [0.29, 0.717) is 5.56 Å². The van der Waals surface area contributed by atoms with Crippen LogP contribution in [0.3, 0.4) is 0 Å². The summed E-state index contributed by atoms with van der Waals surface area (Å²) in [6.45, 7) is 0. The number of hydrogen-bond donors (Lipinski definition) is 0. The number of rotatable bonds is 2. The maximum absolute atomic E-state index is 12.3. The van der Waals surface area contributed by atoms with E-state index in [1.54, 1.807) is 54.6 Å². The third kappa shape index (κ3) is 2.39. The van der Waals surface area contributed by atoms with E-state index in [1.807, 2.05) is 0 Å². The van der Waals surface area contributed by atoms with E-state index in [0.717, 1.165) is 6.08 Å². The third-order valence-corrected chi connectivity index (χ3v) is 3.13. The molecule has 0 amide bonds. The van der Waals surface area contributed by atoms with Gasteiger partial charge in [0.1, 0.15) is 11.3 Å². The normalized spacial score (nSPS) is 15.5. The van der Waals surface area contributed by atoms with Gasteiger partial charge in [0, 0.05) is 11.6 Å². The van der Waals surface area contributed by atoms with Crippen LogP contribution in [0, 0.1) is 0 Å². The summed E-state index contributed by atoms with van der Waals surface area (Å²) in [5.41, 5.74) is 0.441. The third-order valence-electron chi connectivity index (χ3n) is 3.13. The summed E-state index contributed by atoms with van der Waals surface area (Å²) in [4.78, 5) is 36.2. The number of esters is 1. The quantitative estimate of drug-likeness (QED) is 0.278. The zero-order valence-corrected chi connectivity index (χ0v) is 10.9. The Labute approximate surface area is 120 Å². The minimum atomic E-state index is -0.803. The van der Waals surface area contributed by atoms with Gasteiger partial charge in [0.2, 0.25) is 5.78 Å². The van der Waals surface area contributed by atoms with Gasteiger partial charge in [0.15, 0.2) is 5.78 Å². The van der Waals surface area contributed by atoms with Crippen molar-refractivity contribution >= 4 is 17.5 Å². The zero-order chi connectivity index (χ0) is 14.8. The zero-order valence-electron chi connectivity index (χ0n) is 10.9. The van der Waals surface area contributed by atoms with Crippen LogP contribution in [-0.2, 0) is 4.79 Å². The van der Waals surface area contributed by atoms with E-state index in [2.05, 4.69) is 0 Å². The fourth-order valence-electron chi connectivity index (χ4n) is 2.08. The van der Waals surface area contributed by atoms with Crippen LogP contribution in [0.15, 0.2) is 66.2 Å². The fourth-order valence-corrected chi connectivity index (χ4v) is 2.08. The lowest BCUT2D eigenvalue weighted by atomic mass is 9.97. The van der Waals surface area contributed by atoms with Crippen LogP contribution in [0.5, 0.6) is 5.75 Å². The van der Waals surface area contributed by atoms with E-state index in [4.69, 9.17) is 4.74 Å². The lowest BCUT2D eigenvalue weighted by molar-refractivity contribution is -0.130. The Bertz CT molecular complexity index is 772. The number of carbonyl (C=O) groups excluding carboxylic acids is 3. The molecule has 2 aromatic carbocycles. The molecule has 4 heteroatoms. The maximum atomic E-state index is 12.3. The minimum absolute atomic E-state index is 0.219. The largest absolute Gasteiger partial charge is 0.422 e. The fraction of sp³-hybridized carbons (Fsp3) is 0. The van der Waals surface area contributed by atoms with E-state index < -0.39 is 17.5 Å². The summed E-state index contributed by atoms with van der Waals surface area (Å²) in [5.74, 6) is -1.48. The molecule has 0 bridgehead atoms. The standard InChI is InChI=1S/C17H10O4/c18-14(11-6-2-1-3-7-11)10-13-16(19)12-8-4-5-9-15(12)21-17(13)20/h1-10H/b13-10-. The Balaban J connectivity index is 2.00. The number of allylic oxidation sites excluding steroid dienone is 1. The van der Waals surface area contributed by atoms with Crippen LogP contribution >= 0.6 is 0 Å². The number of Topliss-reactive ketones (excluding diaryl/α,β-unsaturated/α-hetero) is 1. The van der Waals surface area contributed by atoms with Crippen molar-refractivity contribution in [2.24, 2.45) is 0 Å². The Hall–Kier alpha value is -3.01. The number of ketones is 2. The van der Waals surface area contributed by atoms with Gasteiger partial charge in [-0.25, -0.2) is 4.79 Å². The molecule has 1 heterocycles. The highest BCUT2D eigenvalue weighted by Gasteiger charge is 2.31. The molecule has 0 unspecified atom stereocenters. The van der Waals surface area contributed by atoms with Gasteiger partial charge in [-0.05, 0) is 12.1 Å². The molecule has 2 aromatic rings. The molecule has 0 fully saturated rings. The molecule has 102 valence electrons. The van der Waals surface area contributed by atoms with Gasteiger partial charge in [0.05, 0.1) is 5.56 Å². The van der Waals surface area contributed by atoms with Gasteiger partial charge < -0.3 is 4.74 Å². The highest BCUT2D eigenvalue weighted by atomic mass is 16.5. The molecule has 1 aliphatic heterocycles. The molecule has 0 saturated heterocycles. The van der Waals surface area contributed by atoms with E-state index >= 15 is 0 Å². The first-order valence-corrected chi connectivity index (χ1v) is 6.34. The van der Waals surface area contributed by atoms with Crippen molar-refractivity contribution in [1.82, 2.24) is 0 Å². The first-order chi connectivity index (χ1) is 10.2. The van der Waals surface area contributed by atoms with Crippen LogP contribution in [0.4, 0.5) is 0 Å². The van der Waals surface area contributed by atoms with Crippen molar-refractivity contribution in [3.8, 4) is 5.75 Å². The van der Waals surface area contributed by atoms with Gasteiger partial charge in [0.25, 0.3) is 0 Å². The molecule has 0 saturated carbocycles. The highest BCUT2D eigenvalue weighted by molar-refractivity contribution is 6.30. The second-order valence-electron chi connectivity index (χ2n) is 4.50. The Kier molecular flexibility index (Phi) is 3.20. The average Bonchev–Trinajstić information content (AvgIpc) is 2.52. The summed E-state index contributed by atoms with van der Waals surface area (Å²) in [6, 6.07) is 14.9. The molecular weight excluding hydrogens is 268 g/mol. The Morgan fingerprint density at radius 1 is 0.905 bits per heavy atom. The lowest BCUT2D eigenvalue weighted by Gasteiger charge is -2.16. The predicted octanol–water partition coefficient (Wildman–Crippen LogP) is 2.60. The smallest absolute Gasteiger partial charge is 0.347 e. The number of benzene rings is 2.